The number of hydrogen-bond donors (Lipinski definition) is 1. The number of ether oxygens (including phenoxy) is 3. The van der Waals surface area contributed by atoms with Gasteiger partial charge in [-0.05, 0) is 38.1 Å². The van der Waals surface area contributed by atoms with Gasteiger partial charge in [-0.3, -0.25) is 9.52 Å². The zero-order valence-electron chi connectivity index (χ0n) is 16.6. The minimum Gasteiger partial charge on any atom is -0.494 e. The fraction of sp³-hybridized carbons (Fsp3) is 0.350. The Bertz CT molecular complexity index is 1010. The van der Waals surface area contributed by atoms with E-state index in [1.807, 2.05) is 13.8 Å². The van der Waals surface area contributed by atoms with Crippen LogP contribution < -0.4 is 23.8 Å². The van der Waals surface area contributed by atoms with Gasteiger partial charge in [-0.1, -0.05) is 0 Å². The van der Waals surface area contributed by atoms with Gasteiger partial charge in [0.15, 0.2) is 0 Å². The summed E-state index contributed by atoms with van der Waals surface area (Å²) < 4.78 is 45.1. The summed E-state index contributed by atoms with van der Waals surface area (Å²) in [5.74, 6) is 1.15. The maximum absolute atomic E-state index is 13.0. The first-order valence-corrected chi connectivity index (χ1v) is 10.8. The van der Waals surface area contributed by atoms with E-state index >= 15 is 0 Å². The van der Waals surface area contributed by atoms with Crippen LogP contribution in [0.5, 0.6) is 17.2 Å². The number of amides is 1. The molecule has 1 amide bonds. The van der Waals surface area contributed by atoms with Crippen molar-refractivity contribution >= 4 is 27.3 Å². The maximum Gasteiger partial charge on any atom is 0.262 e. The Morgan fingerprint density at radius 3 is 2.59 bits per heavy atom. The van der Waals surface area contributed by atoms with Crippen LogP contribution in [0, 0.1) is 0 Å². The highest BCUT2D eigenvalue weighted by molar-refractivity contribution is 7.92. The molecule has 3 rings (SSSR count). The van der Waals surface area contributed by atoms with Crippen LogP contribution in [0.1, 0.15) is 20.8 Å². The predicted octanol–water partition coefficient (Wildman–Crippen LogP) is 3.03. The number of fused-ring (bicyclic) bond motifs is 1. The van der Waals surface area contributed by atoms with Crippen molar-refractivity contribution in [3.63, 3.8) is 0 Å². The molecule has 0 saturated carbocycles. The van der Waals surface area contributed by atoms with Crippen molar-refractivity contribution in [2.75, 3.05) is 36.0 Å². The van der Waals surface area contributed by atoms with Crippen molar-refractivity contribution in [2.24, 2.45) is 0 Å². The Morgan fingerprint density at radius 2 is 1.90 bits per heavy atom. The standard InChI is InChI=1S/C20H24N2O6S/c1-4-26-15-6-9-19(27-5-2)17(12-15)21-29(24,25)16-7-8-18-20(13-16)28-11-10-22(18)14(3)23/h6-9,12-13,21H,4-5,10-11H2,1-3H3. The van der Waals surface area contributed by atoms with Crippen molar-refractivity contribution in [1.82, 2.24) is 0 Å². The van der Waals surface area contributed by atoms with Crippen LogP contribution in [0.15, 0.2) is 41.3 Å². The van der Waals surface area contributed by atoms with Gasteiger partial charge in [-0.15, -0.1) is 0 Å². The van der Waals surface area contributed by atoms with Crippen molar-refractivity contribution < 1.29 is 27.4 Å². The molecule has 0 radical (unpaired) electrons. The van der Waals surface area contributed by atoms with E-state index in [4.69, 9.17) is 14.2 Å². The van der Waals surface area contributed by atoms with E-state index < -0.39 is 10.0 Å². The summed E-state index contributed by atoms with van der Waals surface area (Å²) in [6.07, 6.45) is 0. The lowest BCUT2D eigenvalue weighted by molar-refractivity contribution is -0.116. The topological polar surface area (TPSA) is 94.2 Å². The van der Waals surface area contributed by atoms with E-state index in [9.17, 15) is 13.2 Å². The minimum absolute atomic E-state index is 0.0194. The van der Waals surface area contributed by atoms with Gasteiger partial charge in [0.1, 0.15) is 23.9 Å². The molecule has 0 atom stereocenters. The molecule has 0 bridgehead atoms. The van der Waals surface area contributed by atoms with Crippen molar-refractivity contribution in [1.29, 1.82) is 0 Å². The Hall–Kier alpha value is -2.94. The van der Waals surface area contributed by atoms with E-state index in [1.54, 1.807) is 29.2 Å². The lowest BCUT2D eigenvalue weighted by Gasteiger charge is -2.28. The molecular formula is C20H24N2O6S. The molecule has 2 aromatic rings. The number of carbonyl (C=O) groups excluding carboxylic acids is 1. The molecule has 0 fully saturated rings. The highest BCUT2D eigenvalue weighted by Gasteiger charge is 2.25. The van der Waals surface area contributed by atoms with E-state index in [1.165, 1.54) is 19.1 Å². The maximum atomic E-state index is 13.0. The van der Waals surface area contributed by atoms with Gasteiger partial charge in [0.2, 0.25) is 5.91 Å². The van der Waals surface area contributed by atoms with E-state index in [-0.39, 0.29) is 16.5 Å². The summed E-state index contributed by atoms with van der Waals surface area (Å²) in [6.45, 7) is 6.68. The van der Waals surface area contributed by atoms with Crippen LogP contribution in [0.3, 0.4) is 0 Å². The number of carbonyl (C=O) groups is 1. The Kier molecular flexibility index (Phi) is 6.17. The number of sulfonamides is 1. The first-order chi connectivity index (χ1) is 13.9. The molecule has 1 aliphatic heterocycles. The second-order valence-corrected chi connectivity index (χ2v) is 7.96. The fourth-order valence-corrected chi connectivity index (χ4v) is 4.10. The number of anilines is 2. The molecule has 0 saturated heterocycles. The molecule has 9 heteroatoms. The molecule has 1 aliphatic rings. The van der Waals surface area contributed by atoms with E-state index in [2.05, 4.69) is 4.72 Å². The van der Waals surface area contributed by atoms with Gasteiger partial charge >= 0.3 is 0 Å². The minimum atomic E-state index is -3.93. The van der Waals surface area contributed by atoms with Crippen LogP contribution in [-0.4, -0.2) is 40.7 Å². The molecule has 2 aromatic carbocycles. The highest BCUT2D eigenvalue weighted by Crippen LogP contribution is 2.36. The van der Waals surface area contributed by atoms with Gasteiger partial charge in [-0.2, -0.15) is 0 Å². The van der Waals surface area contributed by atoms with Crippen LogP contribution in [0.2, 0.25) is 0 Å². The number of rotatable bonds is 7. The van der Waals surface area contributed by atoms with E-state index in [0.717, 1.165) is 0 Å². The summed E-state index contributed by atoms with van der Waals surface area (Å²) >= 11 is 0. The summed E-state index contributed by atoms with van der Waals surface area (Å²) in [4.78, 5) is 13.4. The second-order valence-electron chi connectivity index (χ2n) is 6.28. The van der Waals surface area contributed by atoms with Crippen molar-refractivity contribution in [3.05, 3.63) is 36.4 Å². The molecule has 156 valence electrons. The molecule has 0 aliphatic carbocycles. The first kappa shape index (κ1) is 20.8. The lowest BCUT2D eigenvalue weighted by atomic mass is 10.2. The van der Waals surface area contributed by atoms with Crippen molar-refractivity contribution in [3.8, 4) is 17.2 Å². The first-order valence-electron chi connectivity index (χ1n) is 9.33. The van der Waals surface area contributed by atoms with Crippen LogP contribution in [0.25, 0.3) is 0 Å². The molecule has 0 unspecified atom stereocenters. The normalized spacial score (nSPS) is 13.3. The SMILES string of the molecule is CCOc1ccc(OCC)c(NS(=O)(=O)c2ccc3c(c2)OCCN3C(C)=O)c1. The molecule has 0 aromatic heterocycles. The summed E-state index contributed by atoms with van der Waals surface area (Å²) in [6, 6.07) is 9.39. The smallest absolute Gasteiger partial charge is 0.262 e. The third-order valence-corrected chi connectivity index (χ3v) is 5.65. The quantitative estimate of drug-likeness (QED) is 0.740. The van der Waals surface area contributed by atoms with Gasteiger partial charge in [0.25, 0.3) is 10.0 Å². The number of hydrogen-bond acceptors (Lipinski definition) is 6. The van der Waals surface area contributed by atoms with Gasteiger partial charge in [0, 0.05) is 19.1 Å². The zero-order valence-corrected chi connectivity index (χ0v) is 17.4. The largest absolute Gasteiger partial charge is 0.494 e. The molecule has 1 heterocycles. The number of nitrogens with one attached hydrogen (secondary N) is 1. The Labute approximate surface area is 170 Å². The second kappa shape index (κ2) is 8.60. The average Bonchev–Trinajstić information content (AvgIpc) is 2.69. The van der Waals surface area contributed by atoms with Crippen LogP contribution >= 0.6 is 0 Å². The molecule has 1 N–H and O–H groups in total. The fourth-order valence-electron chi connectivity index (χ4n) is 3.02. The van der Waals surface area contributed by atoms with Gasteiger partial charge in [0.05, 0.1) is 36.0 Å². The van der Waals surface area contributed by atoms with Gasteiger partial charge in [-0.25, -0.2) is 8.42 Å². The average molecular weight is 420 g/mol. The number of nitrogens with zero attached hydrogens (tertiary/aromatic N) is 1. The summed E-state index contributed by atoms with van der Waals surface area (Å²) in [5, 5.41) is 0. The van der Waals surface area contributed by atoms with Crippen molar-refractivity contribution in [2.45, 2.75) is 25.7 Å². The number of benzene rings is 2. The Morgan fingerprint density at radius 1 is 1.14 bits per heavy atom. The third-order valence-electron chi connectivity index (χ3n) is 4.29. The van der Waals surface area contributed by atoms with E-state index in [0.29, 0.717) is 49.3 Å². The predicted molar refractivity (Wildman–Crippen MR) is 110 cm³/mol. The lowest BCUT2D eigenvalue weighted by Crippen LogP contribution is -2.36. The molecule has 29 heavy (non-hydrogen) atoms. The summed E-state index contributed by atoms with van der Waals surface area (Å²) in [5.41, 5.74) is 0.831. The molecule has 0 spiro atoms. The van der Waals surface area contributed by atoms with Gasteiger partial charge < -0.3 is 19.1 Å². The van der Waals surface area contributed by atoms with Crippen LogP contribution in [-0.2, 0) is 14.8 Å². The highest BCUT2D eigenvalue weighted by atomic mass is 32.2. The monoisotopic (exact) mass is 420 g/mol. The Balaban J connectivity index is 1.94. The van der Waals surface area contributed by atoms with Crippen LogP contribution in [0.4, 0.5) is 11.4 Å². The summed E-state index contributed by atoms with van der Waals surface area (Å²) in [7, 11) is -3.93. The molecular weight excluding hydrogens is 396 g/mol. The zero-order chi connectivity index (χ0) is 21.0. The molecule has 8 nitrogen and oxygen atoms in total. The third kappa shape index (κ3) is 4.56.